The molecule has 2 nitrogen and oxygen atoms in total. The standard InChI is InChI=1S/C67H42N2S/c1-3-19-43(20-4-1)68(46-36-39-62-56(42-46)50-26-10-8-24-48(50)52-28-13-17-33-61(52)69(62)44-21-5-2-6-22-44)45-35-37-59-55(41-45)49-25-9-7-23-47(49)51-27-11-15-31-57(51)67(59)58-32-16-12-29-53(58)65-60(67)38-40-64-66(65)54-30-14-18-34-63(54)70-64/h1-42H. The molecule has 0 fully saturated rings. The normalized spacial score (nSPS) is 14.6. The topological polar surface area (TPSA) is 6.48 Å². The van der Waals surface area contributed by atoms with Gasteiger partial charge in [-0.25, -0.2) is 0 Å². The number of thiophene rings is 1. The third kappa shape index (κ3) is 5.44. The number of hydrogen-bond acceptors (Lipinski definition) is 3. The molecule has 326 valence electrons. The molecule has 1 unspecified atom stereocenters. The maximum Gasteiger partial charge on any atom is 0.0725 e. The van der Waals surface area contributed by atoms with Crippen molar-refractivity contribution >= 4 is 65.6 Å². The predicted octanol–water partition coefficient (Wildman–Crippen LogP) is 18.7. The van der Waals surface area contributed by atoms with Crippen LogP contribution in [0.5, 0.6) is 0 Å². The monoisotopic (exact) mass is 906 g/mol. The maximum absolute atomic E-state index is 2.49. The summed E-state index contributed by atoms with van der Waals surface area (Å²) < 4.78 is 2.65. The van der Waals surface area contributed by atoms with Gasteiger partial charge in [0, 0.05) is 54.0 Å². The van der Waals surface area contributed by atoms with Gasteiger partial charge in [0.25, 0.3) is 0 Å². The Labute approximate surface area is 411 Å². The molecule has 2 heterocycles. The van der Waals surface area contributed by atoms with Gasteiger partial charge >= 0.3 is 0 Å². The Balaban J connectivity index is 1.01. The highest BCUT2D eigenvalue weighted by Gasteiger charge is 2.50. The van der Waals surface area contributed by atoms with Crippen LogP contribution in [0.2, 0.25) is 0 Å². The predicted molar refractivity (Wildman–Crippen MR) is 295 cm³/mol. The van der Waals surface area contributed by atoms with Crippen molar-refractivity contribution in [1.29, 1.82) is 0 Å². The van der Waals surface area contributed by atoms with Crippen molar-refractivity contribution < 1.29 is 0 Å². The summed E-state index contributed by atoms with van der Waals surface area (Å²) in [5, 5.41) is 2.68. The summed E-state index contributed by atoms with van der Waals surface area (Å²) in [5.41, 5.74) is 23.8. The van der Waals surface area contributed by atoms with Crippen LogP contribution in [0.4, 0.5) is 34.1 Å². The van der Waals surface area contributed by atoms with E-state index in [1.165, 1.54) is 98.1 Å². The number of nitrogens with zero attached hydrogens (tertiary/aromatic N) is 2. The van der Waals surface area contributed by atoms with Gasteiger partial charge in [-0.05, 0) is 140 Å². The summed E-state index contributed by atoms with van der Waals surface area (Å²) in [6.07, 6.45) is 0. The quantitative estimate of drug-likeness (QED) is 0.174. The summed E-state index contributed by atoms with van der Waals surface area (Å²) in [6, 6.07) is 95.2. The molecule has 70 heavy (non-hydrogen) atoms. The maximum atomic E-state index is 2.49. The fourth-order valence-corrected chi connectivity index (χ4v) is 13.6. The minimum Gasteiger partial charge on any atom is -0.310 e. The SMILES string of the molecule is c1ccc(N(c2ccc3c(c2)-c2ccccc2-c2ccccc2N3c2ccccc2)c2ccc3c(c2)-c2ccccc2-c2ccccc2C32c3ccccc3-c3c2ccc2sc4ccccc4c32)cc1. The van der Waals surface area contributed by atoms with Gasteiger partial charge in [-0.1, -0.05) is 182 Å². The van der Waals surface area contributed by atoms with Crippen molar-refractivity contribution in [2.24, 2.45) is 0 Å². The molecule has 1 aliphatic heterocycles. The van der Waals surface area contributed by atoms with E-state index in [0.29, 0.717) is 0 Å². The van der Waals surface area contributed by atoms with E-state index in [0.717, 1.165) is 34.1 Å². The van der Waals surface area contributed by atoms with Crippen LogP contribution in [-0.2, 0) is 5.41 Å². The molecule has 0 saturated carbocycles. The largest absolute Gasteiger partial charge is 0.310 e. The second-order valence-electron chi connectivity index (χ2n) is 18.7. The van der Waals surface area contributed by atoms with Crippen molar-refractivity contribution in [1.82, 2.24) is 0 Å². The number of fused-ring (bicyclic) bond motifs is 21. The fourth-order valence-electron chi connectivity index (χ4n) is 12.5. The van der Waals surface area contributed by atoms with Crippen molar-refractivity contribution in [3.8, 4) is 55.6 Å². The van der Waals surface area contributed by atoms with Crippen molar-refractivity contribution in [3.63, 3.8) is 0 Å². The van der Waals surface area contributed by atoms with E-state index in [2.05, 4.69) is 265 Å². The average Bonchev–Trinajstić information content (AvgIpc) is 3.88. The molecule has 1 atom stereocenters. The van der Waals surface area contributed by atoms with Crippen LogP contribution in [0.1, 0.15) is 22.3 Å². The first kappa shape index (κ1) is 39.3. The van der Waals surface area contributed by atoms with Crippen LogP contribution in [0.15, 0.2) is 255 Å². The minimum atomic E-state index is -0.603. The third-order valence-electron chi connectivity index (χ3n) is 15.2. The van der Waals surface area contributed by atoms with Crippen molar-refractivity contribution in [2.45, 2.75) is 5.41 Å². The van der Waals surface area contributed by atoms with Crippen LogP contribution in [0.3, 0.4) is 0 Å². The zero-order valence-electron chi connectivity index (χ0n) is 38.1. The summed E-state index contributed by atoms with van der Waals surface area (Å²) in [5.74, 6) is 0. The Hall–Kier alpha value is -8.76. The van der Waals surface area contributed by atoms with E-state index in [9.17, 15) is 0 Å². The molecule has 3 heteroatoms. The Kier molecular flexibility index (Phi) is 8.48. The minimum absolute atomic E-state index is 0.603. The number of benzene rings is 11. The Bertz CT molecular complexity index is 4090. The first-order valence-electron chi connectivity index (χ1n) is 24.2. The van der Waals surface area contributed by atoms with E-state index in [1.54, 1.807) is 0 Å². The van der Waals surface area contributed by atoms with Crippen molar-refractivity contribution in [2.75, 3.05) is 9.80 Å². The lowest BCUT2D eigenvalue weighted by molar-refractivity contribution is 0.776. The second-order valence-corrected chi connectivity index (χ2v) is 19.8. The zero-order valence-corrected chi connectivity index (χ0v) is 38.9. The summed E-state index contributed by atoms with van der Waals surface area (Å²) >= 11 is 1.90. The van der Waals surface area contributed by atoms with Gasteiger partial charge in [0.05, 0.1) is 16.8 Å². The third-order valence-corrected chi connectivity index (χ3v) is 16.3. The van der Waals surface area contributed by atoms with Gasteiger partial charge in [-0.3, -0.25) is 0 Å². The Morgan fingerprint density at radius 1 is 0.314 bits per heavy atom. The molecule has 0 radical (unpaired) electrons. The molecule has 1 spiro atoms. The van der Waals surface area contributed by atoms with E-state index in [-0.39, 0.29) is 0 Å². The molecule has 0 N–H and O–H groups in total. The highest BCUT2D eigenvalue weighted by Crippen LogP contribution is 2.64. The number of rotatable bonds is 4. The molecule has 3 aliphatic rings. The Morgan fingerprint density at radius 2 is 0.814 bits per heavy atom. The van der Waals surface area contributed by atoms with E-state index >= 15 is 0 Å². The zero-order chi connectivity index (χ0) is 45.9. The summed E-state index contributed by atoms with van der Waals surface area (Å²) in [6.45, 7) is 0. The lowest BCUT2D eigenvalue weighted by Gasteiger charge is -2.36. The highest BCUT2D eigenvalue weighted by molar-refractivity contribution is 7.26. The van der Waals surface area contributed by atoms with Gasteiger partial charge in [0.15, 0.2) is 0 Å². The van der Waals surface area contributed by atoms with Gasteiger partial charge < -0.3 is 9.80 Å². The van der Waals surface area contributed by atoms with E-state index in [1.807, 2.05) is 11.3 Å². The smallest absolute Gasteiger partial charge is 0.0725 e. The fraction of sp³-hybridized carbons (Fsp3) is 0.0149. The Morgan fingerprint density at radius 3 is 1.57 bits per heavy atom. The number of anilines is 6. The molecule has 12 aromatic rings. The van der Waals surface area contributed by atoms with Crippen LogP contribution in [0.25, 0.3) is 75.8 Å². The average molecular weight is 907 g/mol. The molecule has 11 aromatic carbocycles. The molecule has 15 rings (SSSR count). The molecular formula is C67H42N2S. The number of hydrogen-bond donors (Lipinski definition) is 0. The van der Waals surface area contributed by atoms with Crippen LogP contribution in [-0.4, -0.2) is 0 Å². The molecule has 0 saturated heterocycles. The second kappa shape index (κ2) is 15.1. The van der Waals surface area contributed by atoms with Crippen LogP contribution in [0, 0.1) is 0 Å². The van der Waals surface area contributed by atoms with E-state index in [4.69, 9.17) is 0 Å². The van der Waals surface area contributed by atoms with Crippen LogP contribution >= 0.6 is 11.3 Å². The molecule has 0 amide bonds. The summed E-state index contributed by atoms with van der Waals surface area (Å²) in [4.78, 5) is 4.89. The highest BCUT2D eigenvalue weighted by atomic mass is 32.1. The van der Waals surface area contributed by atoms with Crippen LogP contribution < -0.4 is 9.80 Å². The molecule has 2 aliphatic carbocycles. The first-order chi connectivity index (χ1) is 34.8. The van der Waals surface area contributed by atoms with Gasteiger partial charge in [-0.15, -0.1) is 11.3 Å². The van der Waals surface area contributed by atoms with E-state index < -0.39 is 5.41 Å². The van der Waals surface area contributed by atoms with Gasteiger partial charge in [-0.2, -0.15) is 0 Å². The summed E-state index contributed by atoms with van der Waals surface area (Å²) in [7, 11) is 0. The molecule has 1 aromatic heterocycles. The number of para-hydroxylation sites is 3. The van der Waals surface area contributed by atoms with Gasteiger partial charge in [0.2, 0.25) is 0 Å². The lowest BCUT2D eigenvalue weighted by Crippen LogP contribution is -2.29. The lowest BCUT2D eigenvalue weighted by atomic mass is 9.66. The van der Waals surface area contributed by atoms with Gasteiger partial charge in [0.1, 0.15) is 0 Å². The molecule has 0 bridgehead atoms. The first-order valence-corrected chi connectivity index (χ1v) is 25.0. The van der Waals surface area contributed by atoms with Crippen molar-refractivity contribution in [3.05, 3.63) is 277 Å². The molecular weight excluding hydrogens is 865 g/mol.